The summed E-state index contributed by atoms with van der Waals surface area (Å²) in [5, 5.41) is 6.96. The van der Waals surface area contributed by atoms with Gasteiger partial charge in [-0.1, -0.05) is 84.1 Å². The van der Waals surface area contributed by atoms with Crippen LogP contribution in [0.3, 0.4) is 0 Å². The minimum atomic E-state index is -0.287. The third kappa shape index (κ3) is 6.03. The van der Waals surface area contributed by atoms with Crippen molar-refractivity contribution in [1.29, 1.82) is 0 Å². The van der Waals surface area contributed by atoms with Crippen molar-refractivity contribution in [1.82, 2.24) is 15.0 Å². The Labute approximate surface area is 211 Å². The topological polar surface area (TPSA) is 76.3 Å². The molecule has 2 aromatic heterocycles. The smallest absolute Gasteiger partial charge is 0.263 e. The van der Waals surface area contributed by atoms with Gasteiger partial charge in [0.1, 0.15) is 4.83 Å². The quantitative estimate of drug-likeness (QED) is 0.108. The summed E-state index contributed by atoms with van der Waals surface area (Å²) in [6.45, 7) is 6.10. The highest BCUT2D eigenvalue weighted by atomic mass is 32.2. The maximum Gasteiger partial charge on any atom is 0.263 e. The molecule has 4 aromatic rings. The number of thioether (sulfide) groups is 1. The molecule has 0 unspecified atom stereocenters. The first-order valence-electron chi connectivity index (χ1n) is 10.9. The number of aryl methyl sites for hydroxylation is 1. The van der Waals surface area contributed by atoms with Crippen molar-refractivity contribution in [2.75, 3.05) is 5.75 Å². The van der Waals surface area contributed by atoms with Gasteiger partial charge < -0.3 is 0 Å². The van der Waals surface area contributed by atoms with E-state index in [1.807, 2.05) is 73.0 Å². The molecular formula is C27H24N4O2S2. The second kappa shape index (κ2) is 11.6. The zero-order valence-electron chi connectivity index (χ0n) is 19.2. The molecule has 0 spiro atoms. The van der Waals surface area contributed by atoms with Gasteiger partial charge in [-0.05, 0) is 24.1 Å². The van der Waals surface area contributed by atoms with Crippen LogP contribution in [-0.4, -0.2) is 27.4 Å². The lowest BCUT2D eigenvalue weighted by Gasteiger charge is -2.10. The van der Waals surface area contributed by atoms with Gasteiger partial charge in [0.25, 0.3) is 11.5 Å². The Morgan fingerprint density at radius 1 is 1.20 bits per heavy atom. The van der Waals surface area contributed by atoms with E-state index in [9.17, 15) is 9.59 Å². The molecule has 0 atom stereocenters. The van der Waals surface area contributed by atoms with Gasteiger partial charge in [0.15, 0.2) is 5.16 Å². The summed E-state index contributed by atoms with van der Waals surface area (Å²) < 4.78 is 1.56. The summed E-state index contributed by atoms with van der Waals surface area (Å²) in [5.41, 5.74) is 6.40. The SMILES string of the molecule is C=CCn1c(SCC(=O)N/N=C/C=C/c2ccccc2)nc2scc(-c3ccc(C)cc3)c2c1=O. The Kier molecular flexibility index (Phi) is 8.07. The number of hydrazone groups is 1. The number of aromatic nitrogens is 2. The lowest BCUT2D eigenvalue weighted by molar-refractivity contribution is -0.118. The Balaban J connectivity index is 1.48. The van der Waals surface area contributed by atoms with Gasteiger partial charge in [0.2, 0.25) is 0 Å². The number of thiophene rings is 1. The predicted octanol–water partition coefficient (Wildman–Crippen LogP) is 5.53. The van der Waals surface area contributed by atoms with Crippen LogP contribution in [0.25, 0.3) is 27.4 Å². The molecule has 0 aliphatic rings. The van der Waals surface area contributed by atoms with E-state index >= 15 is 0 Å². The highest BCUT2D eigenvalue weighted by Crippen LogP contribution is 2.32. The van der Waals surface area contributed by atoms with Crippen molar-refractivity contribution in [3.63, 3.8) is 0 Å². The second-order valence-corrected chi connectivity index (χ2v) is 9.47. The standard InChI is InChI=1S/C27H24N4O2S2/c1-3-16-31-26(33)24-22(21-13-11-19(2)12-14-21)17-34-25(24)29-27(31)35-18-23(32)30-28-15-7-10-20-8-5-4-6-9-20/h3-15,17H,1,16,18H2,2H3,(H,30,32)/b10-7+,28-15+. The van der Waals surface area contributed by atoms with Crippen LogP contribution in [0.15, 0.2) is 93.8 Å². The van der Waals surface area contributed by atoms with Gasteiger partial charge in [-0.3, -0.25) is 14.2 Å². The minimum Gasteiger partial charge on any atom is -0.283 e. The number of nitrogens with zero attached hydrogens (tertiary/aromatic N) is 3. The Hall–Kier alpha value is -3.75. The molecular weight excluding hydrogens is 476 g/mol. The van der Waals surface area contributed by atoms with E-state index in [4.69, 9.17) is 4.98 Å². The highest BCUT2D eigenvalue weighted by molar-refractivity contribution is 7.99. The van der Waals surface area contributed by atoms with E-state index in [2.05, 4.69) is 17.1 Å². The van der Waals surface area contributed by atoms with Crippen LogP contribution >= 0.6 is 23.1 Å². The lowest BCUT2D eigenvalue weighted by Crippen LogP contribution is -2.24. The van der Waals surface area contributed by atoms with E-state index in [1.54, 1.807) is 16.7 Å². The number of nitrogens with one attached hydrogen (secondary N) is 1. The predicted molar refractivity (Wildman–Crippen MR) is 147 cm³/mol. The van der Waals surface area contributed by atoms with Crippen molar-refractivity contribution in [2.45, 2.75) is 18.6 Å². The fourth-order valence-electron chi connectivity index (χ4n) is 3.38. The van der Waals surface area contributed by atoms with Crippen LogP contribution in [-0.2, 0) is 11.3 Å². The van der Waals surface area contributed by atoms with Crippen LogP contribution in [0.4, 0.5) is 0 Å². The molecule has 35 heavy (non-hydrogen) atoms. The van der Waals surface area contributed by atoms with Gasteiger partial charge in [0, 0.05) is 23.7 Å². The van der Waals surface area contributed by atoms with Gasteiger partial charge in [0.05, 0.1) is 11.1 Å². The number of amides is 1. The molecule has 1 amide bonds. The van der Waals surface area contributed by atoms with Gasteiger partial charge >= 0.3 is 0 Å². The fraction of sp³-hybridized carbons (Fsp3) is 0.111. The molecule has 0 fully saturated rings. The normalized spacial score (nSPS) is 11.5. The number of carbonyl (C=O) groups is 1. The van der Waals surface area contributed by atoms with Crippen molar-refractivity contribution < 1.29 is 4.79 Å². The molecule has 0 saturated carbocycles. The van der Waals surface area contributed by atoms with Gasteiger partial charge in [-0.25, -0.2) is 10.4 Å². The van der Waals surface area contributed by atoms with E-state index in [0.717, 1.165) is 22.3 Å². The van der Waals surface area contributed by atoms with Crippen LogP contribution in [0.5, 0.6) is 0 Å². The van der Waals surface area contributed by atoms with Crippen molar-refractivity contribution >= 4 is 51.5 Å². The summed E-state index contributed by atoms with van der Waals surface area (Å²) in [7, 11) is 0. The molecule has 0 saturated heterocycles. The largest absolute Gasteiger partial charge is 0.283 e. The zero-order chi connectivity index (χ0) is 24.6. The number of hydrogen-bond donors (Lipinski definition) is 1. The summed E-state index contributed by atoms with van der Waals surface area (Å²) in [4.78, 5) is 31.0. The number of hydrogen-bond acceptors (Lipinski definition) is 6. The van der Waals surface area contributed by atoms with E-state index in [0.29, 0.717) is 21.9 Å². The monoisotopic (exact) mass is 500 g/mol. The molecule has 0 radical (unpaired) electrons. The average molecular weight is 501 g/mol. The first kappa shape index (κ1) is 24.4. The number of rotatable bonds is 9. The van der Waals surface area contributed by atoms with Crippen LogP contribution in [0.1, 0.15) is 11.1 Å². The summed E-state index contributed by atoms with van der Waals surface area (Å²) in [6, 6.07) is 17.9. The molecule has 8 heteroatoms. The Bertz CT molecular complexity index is 1450. The van der Waals surface area contributed by atoms with Crippen molar-refractivity contribution in [3.05, 3.63) is 100 Å². The summed E-state index contributed by atoms with van der Waals surface area (Å²) >= 11 is 2.62. The molecule has 4 rings (SSSR count). The summed E-state index contributed by atoms with van der Waals surface area (Å²) in [5.74, 6) is -0.212. The first-order valence-corrected chi connectivity index (χ1v) is 12.8. The third-order valence-corrected chi connectivity index (χ3v) is 6.95. The van der Waals surface area contributed by atoms with Gasteiger partial charge in [-0.15, -0.1) is 17.9 Å². The summed E-state index contributed by atoms with van der Waals surface area (Å²) in [6.07, 6.45) is 6.82. The van der Waals surface area contributed by atoms with Crippen molar-refractivity contribution in [3.8, 4) is 11.1 Å². The first-order chi connectivity index (χ1) is 17.1. The van der Waals surface area contributed by atoms with E-state index in [1.165, 1.54) is 29.3 Å². The fourth-order valence-corrected chi connectivity index (χ4v) is 5.17. The molecule has 1 N–H and O–H groups in total. The number of allylic oxidation sites excluding steroid dienone is 2. The maximum absolute atomic E-state index is 13.4. The molecule has 6 nitrogen and oxygen atoms in total. The molecule has 0 aliphatic carbocycles. The van der Waals surface area contributed by atoms with Gasteiger partial charge in [-0.2, -0.15) is 5.10 Å². The molecule has 0 aliphatic heterocycles. The van der Waals surface area contributed by atoms with Crippen molar-refractivity contribution in [2.24, 2.45) is 5.10 Å². The minimum absolute atomic E-state index is 0.0744. The maximum atomic E-state index is 13.4. The highest BCUT2D eigenvalue weighted by Gasteiger charge is 2.17. The van der Waals surface area contributed by atoms with E-state index < -0.39 is 0 Å². The number of fused-ring (bicyclic) bond motifs is 1. The molecule has 2 heterocycles. The molecule has 0 bridgehead atoms. The molecule has 2 aromatic carbocycles. The average Bonchev–Trinajstić information content (AvgIpc) is 3.30. The Morgan fingerprint density at radius 2 is 1.97 bits per heavy atom. The number of benzene rings is 2. The lowest BCUT2D eigenvalue weighted by atomic mass is 10.1. The zero-order valence-corrected chi connectivity index (χ0v) is 20.8. The Morgan fingerprint density at radius 3 is 2.71 bits per heavy atom. The van der Waals surface area contributed by atoms with Crippen LogP contribution < -0.4 is 11.0 Å². The molecule has 176 valence electrons. The third-order valence-electron chi connectivity index (χ3n) is 5.10. The van der Waals surface area contributed by atoms with Crippen LogP contribution in [0.2, 0.25) is 0 Å². The number of carbonyl (C=O) groups excluding carboxylic acids is 1. The second-order valence-electron chi connectivity index (χ2n) is 7.67. The van der Waals surface area contributed by atoms with Crippen LogP contribution in [0, 0.1) is 6.92 Å². The van der Waals surface area contributed by atoms with E-state index in [-0.39, 0.29) is 17.2 Å².